The maximum absolute atomic E-state index is 14.9. The van der Waals surface area contributed by atoms with E-state index in [-0.39, 0.29) is 21.6 Å². The second-order valence-corrected chi connectivity index (χ2v) is 9.08. The van der Waals surface area contributed by atoms with Crippen LogP contribution in [0.3, 0.4) is 0 Å². The number of benzene rings is 2. The van der Waals surface area contributed by atoms with E-state index in [9.17, 15) is 53.5 Å². The van der Waals surface area contributed by atoms with Crippen molar-refractivity contribution in [2.75, 3.05) is 6.54 Å². The molecular weight excluding hydrogens is 642 g/mol. The number of nitrogens with one attached hydrogen (secondary N) is 2. The number of allylic oxidation sites excluding steroid dienone is 1. The molecule has 39 heavy (non-hydrogen) atoms. The number of hydrogen-bond acceptors (Lipinski definition) is 2. The van der Waals surface area contributed by atoms with E-state index in [4.69, 9.17) is 11.6 Å². The van der Waals surface area contributed by atoms with Crippen molar-refractivity contribution in [1.29, 1.82) is 0 Å². The van der Waals surface area contributed by atoms with Crippen molar-refractivity contribution in [3.05, 3.63) is 86.5 Å². The fourth-order valence-corrected chi connectivity index (χ4v) is 3.94. The summed E-state index contributed by atoms with van der Waals surface area (Å²) < 4.78 is 134. The Balaban J connectivity index is 2.44. The van der Waals surface area contributed by atoms with Gasteiger partial charge in [0, 0.05) is 15.1 Å². The predicted octanol–water partition coefficient (Wildman–Crippen LogP) is 7.70. The van der Waals surface area contributed by atoms with Crippen LogP contribution in [-0.2, 0) is 11.0 Å². The molecule has 0 aliphatic heterocycles. The van der Waals surface area contributed by atoms with Gasteiger partial charge in [-0.2, -0.15) is 39.5 Å². The van der Waals surface area contributed by atoms with Crippen LogP contribution >= 0.6 is 27.5 Å². The average molecular weight is 656 g/mol. The number of carbonyl (C=O) groups is 2. The third-order valence-electron chi connectivity index (χ3n) is 4.74. The van der Waals surface area contributed by atoms with Gasteiger partial charge < -0.3 is 10.6 Å². The molecule has 4 nitrogen and oxygen atoms in total. The van der Waals surface area contributed by atoms with Crippen molar-refractivity contribution >= 4 is 45.2 Å². The zero-order valence-corrected chi connectivity index (χ0v) is 21.2. The Bertz CT molecular complexity index is 1280. The van der Waals surface area contributed by atoms with Crippen molar-refractivity contribution in [2.24, 2.45) is 0 Å². The number of carbonyl (C=O) groups excluding carboxylic acids is 2. The molecule has 0 aliphatic carbocycles. The van der Waals surface area contributed by atoms with Gasteiger partial charge in [0.05, 0.1) is 16.8 Å². The summed E-state index contributed by atoms with van der Waals surface area (Å²) in [5.74, 6) is -7.54. The molecule has 2 N–H and O–H groups in total. The van der Waals surface area contributed by atoms with Gasteiger partial charge in [-0.3, -0.25) is 9.59 Å². The molecule has 1 unspecified atom stereocenters. The molecule has 0 aromatic heterocycles. The molecule has 2 aromatic rings. The summed E-state index contributed by atoms with van der Waals surface area (Å²) in [4.78, 5) is 23.9. The van der Waals surface area contributed by atoms with Crippen LogP contribution in [0.5, 0.6) is 0 Å². The molecule has 0 aliphatic rings. The van der Waals surface area contributed by atoms with Gasteiger partial charge in [0.1, 0.15) is 18.3 Å². The van der Waals surface area contributed by atoms with Gasteiger partial charge in [0.15, 0.2) is 0 Å². The predicted molar refractivity (Wildman–Crippen MR) is 124 cm³/mol. The minimum Gasteiger partial charge on any atom is -0.342 e. The normalized spacial score (nSPS) is 13.6. The van der Waals surface area contributed by atoms with Gasteiger partial charge >= 0.3 is 18.5 Å². The second-order valence-electron chi connectivity index (χ2n) is 7.73. The lowest BCUT2D eigenvalue weighted by Crippen LogP contribution is -2.39. The molecule has 2 amide bonds. The Morgan fingerprint density at radius 1 is 1.00 bits per heavy atom. The van der Waals surface area contributed by atoms with Crippen molar-refractivity contribution in [3.63, 3.8) is 0 Å². The highest BCUT2D eigenvalue weighted by Crippen LogP contribution is 2.41. The first kappa shape index (κ1) is 32.1. The fourth-order valence-electron chi connectivity index (χ4n) is 3.05. The van der Waals surface area contributed by atoms with Crippen LogP contribution in [0, 0.1) is 0 Å². The summed E-state index contributed by atoms with van der Waals surface area (Å²) in [6.45, 7) is 1.15. The molecule has 2 rings (SSSR count). The standard InChI is InChI=1S/C23H14BrClF10N2O2/c1-10(19(38)36-9-21(27,28)29)37-20(39)15-3-2-11(6-17(15)23(33,34)35)18(26)8-16(22(30,31)32)12-4-13(24)7-14(25)5-12/h2-8,16H,1,9H2,(H,36,38)(H,37,39)/b18-8-. The van der Waals surface area contributed by atoms with Crippen LogP contribution in [0.15, 0.2) is 59.2 Å². The van der Waals surface area contributed by atoms with Crippen LogP contribution < -0.4 is 10.6 Å². The number of halogens is 12. The highest BCUT2D eigenvalue weighted by atomic mass is 79.9. The summed E-state index contributed by atoms with van der Waals surface area (Å²) in [5, 5.41) is 2.80. The zero-order valence-electron chi connectivity index (χ0n) is 18.9. The summed E-state index contributed by atoms with van der Waals surface area (Å²) in [6, 6.07) is 4.19. The monoisotopic (exact) mass is 654 g/mol. The first-order valence-electron chi connectivity index (χ1n) is 10.2. The molecule has 0 saturated carbocycles. The highest BCUT2D eigenvalue weighted by molar-refractivity contribution is 9.10. The molecule has 0 saturated heterocycles. The molecule has 16 heteroatoms. The topological polar surface area (TPSA) is 58.2 Å². The van der Waals surface area contributed by atoms with Crippen molar-refractivity contribution in [2.45, 2.75) is 24.4 Å². The lowest BCUT2D eigenvalue weighted by molar-refractivity contribution is -0.140. The van der Waals surface area contributed by atoms with Gasteiger partial charge in [-0.15, -0.1) is 0 Å². The van der Waals surface area contributed by atoms with Crippen LogP contribution in [0.1, 0.15) is 33.0 Å². The van der Waals surface area contributed by atoms with Crippen molar-refractivity contribution in [3.8, 4) is 0 Å². The molecular formula is C23H14BrClF10N2O2. The Kier molecular flexibility index (Phi) is 9.88. The Labute approximate surface area is 226 Å². The van der Waals surface area contributed by atoms with E-state index in [2.05, 4.69) is 22.5 Å². The third kappa shape index (κ3) is 9.27. The molecule has 2 aromatic carbocycles. The second kappa shape index (κ2) is 12.0. The number of rotatable bonds is 7. The minimum absolute atomic E-state index is 0.0279. The summed E-state index contributed by atoms with van der Waals surface area (Å²) in [7, 11) is 0. The molecule has 0 bridgehead atoms. The van der Waals surface area contributed by atoms with Gasteiger partial charge in [-0.1, -0.05) is 40.2 Å². The molecule has 0 fully saturated rings. The van der Waals surface area contributed by atoms with Crippen LogP contribution in [-0.4, -0.2) is 30.7 Å². The van der Waals surface area contributed by atoms with Gasteiger partial charge in [-0.05, 0) is 42.0 Å². The van der Waals surface area contributed by atoms with E-state index in [1.165, 1.54) is 11.4 Å². The van der Waals surface area contributed by atoms with Gasteiger partial charge in [0.2, 0.25) is 0 Å². The van der Waals surface area contributed by atoms with Gasteiger partial charge in [-0.25, -0.2) is 4.39 Å². The van der Waals surface area contributed by atoms with E-state index in [1.54, 1.807) is 5.32 Å². The smallest absolute Gasteiger partial charge is 0.342 e. The third-order valence-corrected chi connectivity index (χ3v) is 5.42. The quantitative estimate of drug-likeness (QED) is 0.237. The summed E-state index contributed by atoms with van der Waals surface area (Å²) in [6.07, 6.45) is -15.2. The Morgan fingerprint density at radius 3 is 2.13 bits per heavy atom. The van der Waals surface area contributed by atoms with Crippen LogP contribution in [0.2, 0.25) is 5.02 Å². The minimum atomic E-state index is -5.34. The highest BCUT2D eigenvalue weighted by Gasteiger charge is 2.41. The van der Waals surface area contributed by atoms with Crippen molar-refractivity contribution < 1.29 is 53.5 Å². The van der Waals surface area contributed by atoms with E-state index in [0.29, 0.717) is 12.1 Å². The van der Waals surface area contributed by atoms with Crippen LogP contribution in [0.25, 0.3) is 5.83 Å². The number of hydrogen-bond donors (Lipinski definition) is 2. The van der Waals surface area contributed by atoms with E-state index < -0.39 is 76.6 Å². The van der Waals surface area contributed by atoms with E-state index in [1.807, 2.05) is 0 Å². The maximum Gasteiger partial charge on any atom is 0.417 e. The maximum atomic E-state index is 14.9. The molecule has 0 spiro atoms. The molecule has 212 valence electrons. The van der Waals surface area contributed by atoms with E-state index >= 15 is 0 Å². The first-order chi connectivity index (χ1) is 17.7. The Hall–Kier alpha value is -3.07. The Morgan fingerprint density at radius 2 is 1.62 bits per heavy atom. The average Bonchev–Trinajstić information content (AvgIpc) is 2.77. The van der Waals surface area contributed by atoms with Crippen LogP contribution in [0.4, 0.5) is 43.9 Å². The number of alkyl halides is 9. The molecule has 0 heterocycles. The molecule has 1 atom stereocenters. The van der Waals surface area contributed by atoms with E-state index in [0.717, 1.165) is 12.1 Å². The lowest BCUT2D eigenvalue weighted by Gasteiger charge is -2.19. The zero-order chi connectivity index (χ0) is 29.9. The van der Waals surface area contributed by atoms with Gasteiger partial charge in [0.25, 0.3) is 11.8 Å². The van der Waals surface area contributed by atoms with Crippen molar-refractivity contribution in [1.82, 2.24) is 10.6 Å². The SMILES string of the molecule is C=C(NC(=O)c1ccc(/C(F)=C/C(c2cc(Cl)cc(Br)c2)C(F)(F)F)cc1C(F)(F)F)C(=O)NCC(F)(F)F. The first-order valence-corrected chi connectivity index (χ1v) is 11.3. The largest absolute Gasteiger partial charge is 0.417 e. The lowest BCUT2D eigenvalue weighted by atomic mass is 9.95. The summed E-state index contributed by atoms with van der Waals surface area (Å²) >= 11 is 8.70. The fraction of sp³-hybridized carbons (Fsp3) is 0.217. The molecule has 0 radical (unpaired) electrons. The number of amides is 2. The summed E-state index contributed by atoms with van der Waals surface area (Å²) in [5.41, 5.74) is -5.55.